The van der Waals surface area contributed by atoms with Crippen molar-refractivity contribution in [3.8, 4) is 0 Å². The maximum Gasteiger partial charge on any atom is 0.340 e. The van der Waals surface area contributed by atoms with Gasteiger partial charge in [0.2, 0.25) is 0 Å². The highest BCUT2D eigenvalue weighted by Gasteiger charge is 2.22. The summed E-state index contributed by atoms with van der Waals surface area (Å²) in [7, 11) is 1.17. The molecule has 0 aliphatic heterocycles. The third-order valence-electron chi connectivity index (χ3n) is 3.61. The van der Waals surface area contributed by atoms with Gasteiger partial charge in [0.1, 0.15) is 11.3 Å². The lowest BCUT2D eigenvalue weighted by atomic mass is 10.1. The Morgan fingerprint density at radius 3 is 2.72 bits per heavy atom. The van der Waals surface area contributed by atoms with E-state index in [9.17, 15) is 13.6 Å². The molecular weight excluding hydrogens is 396 g/mol. The largest absolute Gasteiger partial charge is 0.465 e. The number of anilines is 3. The molecule has 8 heteroatoms. The van der Waals surface area contributed by atoms with Crippen molar-refractivity contribution in [2.75, 3.05) is 18.2 Å². The van der Waals surface area contributed by atoms with E-state index in [4.69, 9.17) is 10.5 Å². The van der Waals surface area contributed by atoms with E-state index >= 15 is 0 Å². The molecule has 0 radical (unpaired) electrons. The fourth-order valence-electron chi connectivity index (χ4n) is 2.39. The monoisotopic (exact) mass is 407 g/mol. The molecule has 3 N–H and O–H groups in total. The molecule has 0 saturated heterocycles. The predicted octanol–water partition coefficient (Wildman–Crippen LogP) is 4.39. The van der Waals surface area contributed by atoms with Gasteiger partial charge in [0.15, 0.2) is 5.82 Å². The summed E-state index contributed by atoms with van der Waals surface area (Å²) in [6.07, 6.45) is 1.35. The molecule has 0 aliphatic carbocycles. The molecule has 0 bridgehead atoms. The molecule has 128 valence electrons. The summed E-state index contributed by atoms with van der Waals surface area (Å²) in [6, 6.07) is 7.07. The molecule has 25 heavy (non-hydrogen) atoms. The van der Waals surface area contributed by atoms with Crippen LogP contribution in [0.2, 0.25) is 0 Å². The van der Waals surface area contributed by atoms with Crippen molar-refractivity contribution < 1.29 is 18.3 Å². The van der Waals surface area contributed by atoms with Crippen LogP contribution in [0.1, 0.15) is 10.4 Å². The highest BCUT2D eigenvalue weighted by Crippen LogP contribution is 2.34. The Bertz CT molecular complexity index is 995. The molecule has 1 aromatic heterocycles. The molecule has 0 spiro atoms. The van der Waals surface area contributed by atoms with Gasteiger partial charge in [0.05, 0.1) is 24.0 Å². The van der Waals surface area contributed by atoms with Crippen LogP contribution >= 0.6 is 15.9 Å². The van der Waals surface area contributed by atoms with Gasteiger partial charge in [0.25, 0.3) is 0 Å². The molecule has 0 unspecified atom stereocenters. The number of rotatable bonds is 3. The smallest absolute Gasteiger partial charge is 0.340 e. The minimum absolute atomic E-state index is 0.00416. The van der Waals surface area contributed by atoms with Crippen LogP contribution in [-0.2, 0) is 4.74 Å². The van der Waals surface area contributed by atoms with E-state index in [2.05, 4.69) is 26.2 Å². The van der Waals surface area contributed by atoms with Crippen molar-refractivity contribution in [2.24, 2.45) is 0 Å². The lowest BCUT2D eigenvalue weighted by Gasteiger charge is -2.15. The molecule has 0 saturated carbocycles. The number of carbonyl (C=O) groups excluding carboxylic acids is 1. The average molecular weight is 408 g/mol. The quantitative estimate of drug-likeness (QED) is 0.629. The van der Waals surface area contributed by atoms with Crippen molar-refractivity contribution in [1.29, 1.82) is 0 Å². The lowest BCUT2D eigenvalue weighted by Crippen LogP contribution is -2.09. The number of halogens is 3. The number of pyridine rings is 1. The van der Waals surface area contributed by atoms with Gasteiger partial charge in [-0.15, -0.1) is 0 Å². The number of carbonyl (C=O) groups is 1. The number of benzene rings is 2. The van der Waals surface area contributed by atoms with Crippen LogP contribution in [0.25, 0.3) is 10.9 Å². The Morgan fingerprint density at radius 2 is 2.04 bits per heavy atom. The summed E-state index contributed by atoms with van der Waals surface area (Å²) in [5, 5.41) is 2.88. The number of ether oxygens (including phenoxy) is 1. The standard InChI is InChI=1S/C17H12BrF2N3O2/c1-25-17(24)10-7-9-12(21)4-5-22-15(9)14(20)16(10)23-13-3-2-8(18)6-11(13)19/h2-7,23H,1H3,(H2,21,22). The third-order valence-corrected chi connectivity index (χ3v) is 4.10. The van der Waals surface area contributed by atoms with Crippen molar-refractivity contribution in [1.82, 2.24) is 4.98 Å². The topological polar surface area (TPSA) is 77.2 Å². The number of methoxy groups -OCH3 is 1. The molecule has 0 amide bonds. The zero-order chi connectivity index (χ0) is 18.1. The van der Waals surface area contributed by atoms with Gasteiger partial charge in [0, 0.05) is 21.7 Å². The van der Waals surface area contributed by atoms with Crippen molar-refractivity contribution in [3.05, 3.63) is 58.2 Å². The minimum Gasteiger partial charge on any atom is -0.465 e. The van der Waals surface area contributed by atoms with Crippen LogP contribution in [0.3, 0.4) is 0 Å². The Hall–Kier alpha value is -2.74. The van der Waals surface area contributed by atoms with E-state index in [0.717, 1.165) is 0 Å². The average Bonchev–Trinajstić information content (AvgIpc) is 2.59. The maximum absolute atomic E-state index is 15.0. The van der Waals surface area contributed by atoms with E-state index in [1.54, 1.807) is 6.07 Å². The fourth-order valence-corrected chi connectivity index (χ4v) is 2.72. The zero-order valence-corrected chi connectivity index (χ0v) is 14.5. The minimum atomic E-state index is -0.826. The van der Waals surface area contributed by atoms with Crippen LogP contribution in [0.5, 0.6) is 0 Å². The number of esters is 1. The van der Waals surface area contributed by atoms with E-state index in [1.807, 2.05) is 0 Å². The third kappa shape index (κ3) is 3.12. The number of hydrogen-bond acceptors (Lipinski definition) is 5. The Labute approximate surface area is 149 Å². The zero-order valence-electron chi connectivity index (χ0n) is 12.9. The Kier molecular flexibility index (Phi) is 4.54. The van der Waals surface area contributed by atoms with Crippen LogP contribution in [0.15, 0.2) is 41.0 Å². The van der Waals surface area contributed by atoms with Gasteiger partial charge in [-0.05, 0) is 30.3 Å². The second kappa shape index (κ2) is 6.64. The van der Waals surface area contributed by atoms with Gasteiger partial charge in [-0.25, -0.2) is 13.6 Å². The van der Waals surface area contributed by atoms with E-state index < -0.39 is 17.6 Å². The maximum atomic E-state index is 15.0. The van der Waals surface area contributed by atoms with Gasteiger partial charge in [-0.1, -0.05) is 15.9 Å². The first kappa shape index (κ1) is 17.1. The molecule has 2 aromatic carbocycles. The number of nitrogens with zero attached hydrogens (tertiary/aromatic N) is 1. The SMILES string of the molecule is COC(=O)c1cc2c(N)ccnc2c(F)c1Nc1ccc(Br)cc1F. The summed E-state index contributed by atoms with van der Waals surface area (Å²) >= 11 is 3.15. The summed E-state index contributed by atoms with van der Waals surface area (Å²) < 4.78 is 34.3. The second-order valence-corrected chi connectivity index (χ2v) is 6.07. The van der Waals surface area contributed by atoms with Crippen LogP contribution < -0.4 is 11.1 Å². The highest BCUT2D eigenvalue weighted by molar-refractivity contribution is 9.10. The lowest BCUT2D eigenvalue weighted by molar-refractivity contribution is 0.0601. The van der Waals surface area contributed by atoms with Crippen LogP contribution in [0.4, 0.5) is 25.8 Å². The predicted molar refractivity (Wildman–Crippen MR) is 94.8 cm³/mol. The second-order valence-electron chi connectivity index (χ2n) is 5.15. The Balaban J connectivity index is 2.24. The summed E-state index contributed by atoms with van der Waals surface area (Å²) in [5.41, 5.74) is 5.70. The van der Waals surface area contributed by atoms with Gasteiger partial charge in [-0.3, -0.25) is 4.98 Å². The number of nitrogen functional groups attached to an aromatic ring is 1. The number of aromatic nitrogens is 1. The van der Waals surface area contributed by atoms with Crippen LogP contribution in [-0.4, -0.2) is 18.1 Å². The van der Waals surface area contributed by atoms with E-state index in [1.165, 1.54) is 37.6 Å². The molecule has 3 aromatic rings. The molecular formula is C17H12BrF2N3O2. The van der Waals surface area contributed by atoms with Crippen molar-refractivity contribution in [2.45, 2.75) is 0 Å². The Morgan fingerprint density at radius 1 is 1.28 bits per heavy atom. The normalized spacial score (nSPS) is 10.7. The van der Waals surface area contributed by atoms with Gasteiger partial charge in [-0.2, -0.15) is 0 Å². The molecule has 5 nitrogen and oxygen atoms in total. The molecule has 0 fully saturated rings. The molecule has 0 atom stereocenters. The summed E-state index contributed by atoms with van der Waals surface area (Å²) in [6.45, 7) is 0. The number of nitrogens with two attached hydrogens (primary N) is 1. The van der Waals surface area contributed by atoms with Crippen LogP contribution in [0, 0.1) is 11.6 Å². The number of hydrogen-bond donors (Lipinski definition) is 2. The fraction of sp³-hybridized carbons (Fsp3) is 0.0588. The van der Waals surface area contributed by atoms with E-state index in [0.29, 0.717) is 4.47 Å². The summed E-state index contributed by atoms with van der Waals surface area (Å²) in [4.78, 5) is 16.0. The van der Waals surface area contributed by atoms with E-state index in [-0.39, 0.29) is 33.5 Å². The number of nitrogens with one attached hydrogen (secondary N) is 1. The molecule has 1 heterocycles. The molecule has 3 rings (SSSR count). The first-order valence-corrected chi connectivity index (χ1v) is 7.88. The van der Waals surface area contributed by atoms with Gasteiger partial charge < -0.3 is 15.8 Å². The van der Waals surface area contributed by atoms with Gasteiger partial charge >= 0.3 is 5.97 Å². The van der Waals surface area contributed by atoms with Crippen molar-refractivity contribution in [3.63, 3.8) is 0 Å². The first-order chi connectivity index (χ1) is 11.9. The summed E-state index contributed by atoms with van der Waals surface area (Å²) in [5.74, 6) is -2.23. The molecule has 0 aliphatic rings. The highest BCUT2D eigenvalue weighted by atomic mass is 79.9. The van der Waals surface area contributed by atoms with Crippen molar-refractivity contribution >= 4 is 49.9 Å². The first-order valence-electron chi connectivity index (χ1n) is 7.09. The number of fused-ring (bicyclic) bond motifs is 1.